The first kappa shape index (κ1) is 27.9. The molecule has 0 aliphatic heterocycles. The van der Waals surface area contributed by atoms with Crippen molar-refractivity contribution >= 4 is 40.7 Å². The number of benzene rings is 1. The number of primary amides is 1. The van der Waals surface area contributed by atoms with Gasteiger partial charge in [0.2, 0.25) is 5.95 Å². The van der Waals surface area contributed by atoms with Crippen LogP contribution in [0.25, 0.3) is 11.3 Å². The van der Waals surface area contributed by atoms with E-state index >= 15 is 0 Å². The second kappa shape index (κ2) is 12.1. The third kappa shape index (κ3) is 6.18. The van der Waals surface area contributed by atoms with E-state index in [0.717, 1.165) is 18.8 Å². The van der Waals surface area contributed by atoms with Crippen LogP contribution in [0, 0.1) is 0 Å². The predicted octanol–water partition coefficient (Wildman–Crippen LogP) is 1.80. The van der Waals surface area contributed by atoms with Crippen LogP contribution in [0.2, 0.25) is 0 Å². The molecule has 202 valence electrons. The number of likely N-dealkylation sites (N-methyl/N-ethyl adjacent to an activating group) is 2. The molecule has 1 amide bonds. The number of aromatic nitrogens is 3. The first-order valence-electron chi connectivity index (χ1n) is 11.6. The minimum atomic E-state index is -0.688. The van der Waals surface area contributed by atoms with Crippen LogP contribution in [0.15, 0.2) is 30.6 Å². The third-order valence-electron chi connectivity index (χ3n) is 5.75. The maximum atomic E-state index is 12.5. The second-order valence-electron chi connectivity index (χ2n) is 8.64. The van der Waals surface area contributed by atoms with Crippen molar-refractivity contribution in [3.63, 3.8) is 0 Å². The van der Waals surface area contributed by atoms with Crippen molar-refractivity contribution in [2.75, 3.05) is 76.8 Å². The van der Waals surface area contributed by atoms with Gasteiger partial charge >= 0.3 is 5.97 Å². The summed E-state index contributed by atoms with van der Waals surface area (Å²) in [6.45, 7) is 1.62. The SMILES string of the molecule is CNc1ncc(-c2nc(Nc3cc(N)c(N(C)CCN(C)C)cc3OC)ncc2C(=O)OC)cc1C(N)=O. The highest BCUT2D eigenvalue weighted by Gasteiger charge is 2.21. The summed E-state index contributed by atoms with van der Waals surface area (Å²) in [6.07, 6.45) is 2.79. The molecule has 1 aromatic carbocycles. The van der Waals surface area contributed by atoms with Crippen molar-refractivity contribution in [2.24, 2.45) is 5.73 Å². The number of rotatable bonds is 11. The zero-order valence-corrected chi connectivity index (χ0v) is 22.3. The number of hydrogen-bond acceptors (Lipinski definition) is 12. The lowest BCUT2D eigenvalue weighted by molar-refractivity contribution is 0.0600. The Kier molecular flexibility index (Phi) is 8.86. The lowest BCUT2D eigenvalue weighted by atomic mass is 10.1. The van der Waals surface area contributed by atoms with Crippen LogP contribution in [-0.4, -0.2) is 87.2 Å². The predicted molar refractivity (Wildman–Crippen MR) is 147 cm³/mol. The Labute approximate surface area is 221 Å². The first-order chi connectivity index (χ1) is 18.1. The monoisotopic (exact) mass is 523 g/mol. The van der Waals surface area contributed by atoms with Gasteiger partial charge in [0.1, 0.15) is 17.1 Å². The molecule has 0 unspecified atom stereocenters. The van der Waals surface area contributed by atoms with Gasteiger partial charge in [-0.25, -0.2) is 19.7 Å². The molecule has 0 saturated heterocycles. The molecule has 0 radical (unpaired) electrons. The summed E-state index contributed by atoms with van der Waals surface area (Å²) in [5.41, 5.74) is 14.5. The molecule has 0 spiro atoms. The number of nitrogens with one attached hydrogen (secondary N) is 2. The van der Waals surface area contributed by atoms with E-state index in [-0.39, 0.29) is 22.8 Å². The highest BCUT2D eigenvalue weighted by molar-refractivity contribution is 6.00. The van der Waals surface area contributed by atoms with E-state index in [4.69, 9.17) is 20.9 Å². The van der Waals surface area contributed by atoms with Crippen LogP contribution in [0.3, 0.4) is 0 Å². The van der Waals surface area contributed by atoms with E-state index in [2.05, 4.69) is 30.5 Å². The van der Waals surface area contributed by atoms with Crippen molar-refractivity contribution in [1.29, 1.82) is 0 Å². The number of carbonyl (C=O) groups excluding carboxylic acids is 2. The number of anilines is 5. The fourth-order valence-corrected chi connectivity index (χ4v) is 3.68. The molecule has 2 aromatic heterocycles. The zero-order valence-electron chi connectivity index (χ0n) is 22.3. The molecule has 2 heterocycles. The molecular formula is C25H33N9O4. The summed E-state index contributed by atoms with van der Waals surface area (Å²) in [6, 6.07) is 5.05. The van der Waals surface area contributed by atoms with Crippen LogP contribution in [0.5, 0.6) is 5.75 Å². The number of nitrogen functional groups attached to an aromatic ring is 1. The maximum Gasteiger partial charge on any atom is 0.341 e. The number of amides is 1. The van der Waals surface area contributed by atoms with Crippen LogP contribution in [0.4, 0.5) is 28.8 Å². The van der Waals surface area contributed by atoms with Crippen molar-refractivity contribution in [3.8, 4) is 17.0 Å². The number of ether oxygens (including phenoxy) is 2. The fourth-order valence-electron chi connectivity index (χ4n) is 3.68. The quantitative estimate of drug-likeness (QED) is 0.212. The Balaban J connectivity index is 2.04. The third-order valence-corrected chi connectivity index (χ3v) is 5.75. The summed E-state index contributed by atoms with van der Waals surface area (Å²) in [4.78, 5) is 41.6. The van der Waals surface area contributed by atoms with Crippen molar-refractivity contribution < 1.29 is 19.1 Å². The molecular weight excluding hydrogens is 490 g/mol. The molecule has 0 fully saturated rings. The molecule has 3 rings (SSSR count). The normalized spacial score (nSPS) is 10.7. The Morgan fingerprint density at radius 2 is 1.76 bits per heavy atom. The molecule has 6 N–H and O–H groups in total. The fraction of sp³-hybridized carbons (Fsp3) is 0.320. The summed E-state index contributed by atoms with van der Waals surface area (Å²) >= 11 is 0. The van der Waals surface area contributed by atoms with E-state index < -0.39 is 11.9 Å². The van der Waals surface area contributed by atoms with Crippen molar-refractivity contribution in [2.45, 2.75) is 0 Å². The van der Waals surface area contributed by atoms with Crippen molar-refractivity contribution in [1.82, 2.24) is 19.9 Å². The van der Waals surface area contributed by atoms with Crippen LogP contribution in [0.1, 0.15) is 20.7 Å². The highest BCUT2D eigenvalue weighted by Crippen LogP contribution is 2.36. The zero-order chi connectivity index (χ0) is 28.0. The van der Waals surface area contributed by atoms with Gasteiger partial charge in [-0.2, -0.15) is 0 Å². The Hall–Kier alpha value is -4.65. The number of methoxy groups -OCH3 is 2. The molecule has 0 bridgehead atoms. The van der Waals surface area contributed by atoms with Gasteiger partial charge in [-0.15, -0.1) is 0 Å². The molecule has 0 aliphatic rings. The molecule has 13 heteroatoms. The maximum absolute atomic E-state index is 12.5. The van der Waals surface area contributed by atoms with Gasteiger partial charge in [0, 0.05) is 51.2 Å². The van der Waals surface area contributed by atoms with Gasteiger partial charge in [-0.1, -0.05) is 0 Å². The standard InChI is InChI=1S/C25H33N9O4/c1-28-23-15(22(27)35)9-14(12-29-23)21-16(24(36)38-6)13-30-25(32-21)31-18-10-17(26)19(11-20(18)37-5)34(4)8-7-33(2)3/h9-13H,7-8,26H2,1-6H3,(H2,27,35)(H,28,29)(H,30,31,32). The summed E-state index contributed by atoms with van der Waals surface area (Å²) < 4.78 is 10.5. The summed E-state index contributed by atoms with van der Waals surface area (Å²) in [7, 11) is 10.4. The van der Waals surface area contributed by atoms with Crippen LogP contribution < -0.4 is 31.7 Å². The minimum Gasteiger partial charge on any atom is -0.494 e. The number of nitrogens with two attached hydrogens (primary N) is 2. The second-order valence-corrected chi connectivity index (χ2v) is 8.64. The van der Waals surface area contributed by atoms with Crippen molar-refractivity contribution in [3.05, 3.63) is 41.7 Å². The van der Waals surface area contributed by atoms with E-state index in [1.54, 1.807) is 20.2 Å². The van der Waals surface area contributed by atoms with E-state index in [0.29, 0.717) is 28.5 Å². The van der Waals surface area contributed by atoms with Crippen LogP contribution >= 0.6 is 0 Å². The van der Waals surface area contributed by atoms with E-state index in [1.807, 2.05) is 32.1 Å². The molecule has 0 atom stereocenters. The van der Waals surface area contributed by atoms with Gasteiger partial charge in [0.05, 0.1) is 42.5 Å². The van der Waals surface area contributed by atoms with E-state index in [9.17, 15) is 9.59 Å². The lowest BCUT2D eigenvalue weighted by Gasteiger charge is -2.24. The topological polar surface area (TPSA) is 174 Å². The Morgan fingerprint density at radius 3 is 2.37 bits per heavy atom. The lowest BCUT2D eigenvalue weighted by Crippen LogP contribution is -2.29. The number of pyridine rings is 1. The van der Waals surface area contributed by atoms with Gasteiger partial charge in [0.15, 0.2) is 0 Å². The number of esters is 1. The first-order valence-corrected chi connectivity index (χ1v) is 11.6. The Morgan fingerprint density at radius 1 is 1.03 bits per heavy atom. The molecule has 38 heavy (non-hydrogen) atoms. The van der Waals surface area contributed by atoms with Gasteiger partial charge < -0.3 is 41.4 Å². The number of carbonyl (C=O) groups is 2. The minimum absolute atomic E-state index is 0.0804. The van der Waals surface area contributed by atoms with E-state index in [1.165, 1.54) is 25.6 Å². The Bertz CT molecular complexity index is 1330. The highest BCUT2D eigenvalue weighted by atomic mass is 16.5. The molecule has 3 aromatic rings. The molecule has 0 aliphatic carbocycles. The summed E-state index contributed by atoms with van der Waals surface area (Å²) in [5.74, 6) is -0.381. The smallest absolute Gasteiger partial charge is 0.341 e. The van der Waals surface area contributed by atoms with Crippen LogP contribution in [-0.2, 0) is 4.74 Å². The summed E-state index contributed by atoms with van der Waals surface area (Å²) in [5, 5.41) is 5.92. The van der Waals surface area contributed by atoms with Gasteiger partial charge in [-0.3, -0.25) is 4.79 Å². The number of hydrogen-bond donors (Lipinski definition) is 4. The average Bonchev–Trinajstić information content (AvgIpc) is 2.90. The number of nitrogens with zero attached hydrogens (tertiary/aromatic N) is 5. The largest absolute Gasteiger partial charge is 0.494 e. The van der Waals surface area contributed by atoms with Gasteiger partial charge in [-0.05, 0) is 26.2 Å². The van der Waals surface area contributed by atoms with Gasteiger partial charge in [0.25, 0.3) is 5.91 Å². The molecule has 13 nitrogen and oxygen atoms in total. The molecule has 0 saturated carbocycles. The average molecular weight is 524 g/mol.